The molecule has 0 aromatic heterocycles. The zero-order chi connectivity index (χ0) is 3.54. The van der Waals surface area contributed by atoms with Gasteiger partial charge >= 0.3 is 0 Å². The van der Waals surface area contributed by atoms with Crippen LogP contribution in [0.3, 0.4) is 0 Å². The first-order valence-electron chi connectivity index (χ1n) is 1.29. The summed E-state index contributed by atoms with van der Waals surface area (Å²) in [4.78, 5) is 0. The van der Waals surface area contributed by atoms with Crippen LogP contribution < -0.4 is 0 Å². The van der Waals surface area contributed by atoms with E-state index in [1.165, 1.54) is 0 Å². The number of hydrogen-bond donors (Lipinski definition) is 0. The van der Waals surface area contributed by atoms with Gasteiger partial charge in [-0.1, -0.05) is 0 Å². The van der Waals surface area contributed by atoms with E-state index in [0.717, 1.165) is 9.52 Å². The van der Waals surface area contributed by atoms with Crippen LogP contribution in [0, 0.1) is 0 Å². The zero-order valence-electron chi connectivity index (χ0n) is 2.55. The Morgan fingerprint density at radius 1 is 1.20 bits per heavy atom. The first-order valence-corrected chi connectivity index (χ1v) is 2.45. The molecule has 0 amide bonds. The number of hydrogen-bond acceptors (Lipinski definition) is 2. The molecule has 2 radical (unpaired) electrons. The summed E-state index contributed by atoms with van der Waals surface area (Å²) in [5.41, 5.74) is 0. The van der Waals surface area contributed by atoms with Crippen molar-refractivity contribution in [1.29, 1.82) is 0 Å². The molecule has 1 aliphatic rings. The largest absolute Gasteiger partial charge is 0.169 e. The van der Waals surface area contributed by atoms with Gasteiger partial charge in [-0.3, -0.25) is 0 Å². The minimum atomic E-state index is 0.725. The van der Waals surface area contributed by atoms with E-state index in [2.05, 4.69) is 10.2 Å². The van der Waals surface area contributed by atoms with Gasteiger partial charge in [-0.2, -0.15) is 10.2 Å². The molecule has 0 saturated heterocycles. The summed E-state index contributed by atoms with van der Waals surface area (Å²) in [7, 11) is 0.725. The topological polar surface area (TPSA) is 24.7 Å². The minimum Gasteiger partial charge on any atom is -0.169 e. The Bertz CT molecular complexity index is 65.7. The summed E-state index contributed by atoms with van der Waals surface area (Å²) in [5, 5.41) is 7.08. The van der Waals surface area contributed by atoms with E-state index >= 15 is 0 Å². The van der Waals surface area contributed by atoms with Gasteiger partial charge in [0.2, 0.25) is 0 Å². The Labute approximate surface area is 32.4 Å². The highest BCUT2D eigenvalue weighted by molar-refractivity contribution is 6.90. The molecule has 1 rings (SSSR count). The molecule has 0 aromatic carbocycles. The van der Waals surface area contributed by atoms with Gasteiger partial charge in [-0.05, 0) is 0 Å². The number of rotatable bonds is 0. The maximum absolute atomic E-state index is 3.54. The SMILES string of the molecule is C1=NN=C[Si]1. The van der Waals surface area contributed by atoms with Gasteiger partial charge in [-0.25, -0.2) is 0 Å². The van der Waals surface area contributed by atoms with E-state index in [9.17, 15) is 0 Å². The molecule has 5 heavy (non-hydrogen) atoms. The molecule has 1 heterocycles. The molecular formula is C2H2N2Si. The second kappa shape index (κ2) is 1.12. The van der Waals surface area contributed by atoms with Crippen LogP contribution in [0.5, 0.6) is 0 Å². The standard InChI is InChI=1S/C2H2N2Si/c1-3-4-2-5-1/h1-2H. The molecule has 3 heteroatoms. The second-order valence-electron chi connectivity index (χ2n) is 0.656. The van der Waals surface area contributed by atoms with Crippen molar-refractivity contribution >= 4 is 21.2 Å². The molecule has 0 saturated carbocycles. The van der Waals surface area contributed by atoms with Gasteiger partial charge < -0.3 is 0 Å². The van der Waals surface area contributed by atoms with Crippen LogP contribution >= 0.6 is 0 Å². The van der Waals surface area contributed by atoms with E-state index in [4.69, 9.17) is 0 Å². The van der Waals surface area contributed by atoms with Crippen molar-refractivity contribution in [3.63, 3.8) is 0 Å². The van der Waals surface area contributed by atoms with Gasteiger partial charge in [0.05, 0.1) is 0 Å². The van der Waals surface area contributed by atoms with E-state index in [1.807, 2.05) is 0 Å². The Balaban J connectivity index is 2.61. The maximum atomic E-state index is 3.54. The lowest BCUT2D eigenvalue weighted by molar-refractivity contribution is 1.29. The average Bonchev–Trinajstić information content (AvgIpc) is 1.76. The Kier molecular flexibility index (Phi) is 0.622. The van der Waals surface area contributed by atoms with Crippen LogP contribution in [0.4, 0.5) is 0 Å². The lowest BCUT2D eigenvalue weighted by Gasteiger charge is -1.50. The van der Waals surface area contributed by atoms with Crippen LogP contribution in [0.15, 0.2) is 10.2 Å². The summed E-state index contributed by atoms with van der Waals surface area (Å²) in [5.74, 6) is 3.58. The fourth-order valence-corrected chi connectivity index (χ4v) is 0.500. The first-order chi connectivity index (χ1) is 2.50. The van der Waals surface area contributed by atoms with Crippen molar-refractivity contribution in [2.24, 2.45) is 10.2 Å². The van der Waals surface area contributed by atoms with Crippen LogP contribution in [-0.4, -0.2) is 21.2 Å². The molecule has 0 N–H and O–H groups in total. The highest BCUT2D eigenvalue weighted by Crippen LogP contribution is 1.69. The van der Waals surface area contributed by atoms with Crippen molar-refractivity contribution in [3.05, 3.63) is 0 Å². The highest BCUT2D eigenvalue weighted by atomic mass is 28.2. The molecule has 1 aliphatic heterocycles. The van der Waals surface area contributed by atoms with Gasteiger partial charge in [0.1, 0.15) is 0 Å². The van der Waals surface area contributed by atoms with Gasteiger partial charge in [0.25, 0.3) is 0 Å². The summed E-state index contributed by atoms with van der Waals surface area (Å²) in [6, 6.07) is 0. The van der Waals surface area contributed by atoms with E-state index in [0.29, 0.717) is 0 Å². The van der Waals surface area contributed by atoms with Crippen molar-refractivity contribution in [1.82, 2.24) is 0 Å². The van der Waals surface area contributed by atoms with Crippen molar-refractivity contribution < 1.29 is 0 Å². The smallest absolute Gasteiger partial charge is 0.157 e. The molecule has 0 aromatic rings. The summed E-state index contributed by atoms with van der Waals surface area (Å²) >= 11 is 0. The Morgan fingerprint density at radius 2 is 1.80 bits per heavy atom. The molecule has 0 unspecified atom stereocenters. The van der Waals surface area contributed by atoms with E-state index in [1.54, 1.807) is 11.7 Å². The molecule has 0 spiro atoms. The summed E-state index contributed by atoms with van der Waals surface area (Å²) in [6.07, 6.45) is 0. The lowest BCUT2D eigenvalue weighted by Crippen LogP contribution is -1.83. The fourth-order valence-electron chi connectivity index (χ4n) is 0.167. The first kappa shape index (κ1) is 2.78. The molecule has 2 nitrogen and oxygen atoms in total. The third kappa shape index (κ3) is 0.415. The predicted molar refractivity (Wildman–Crippen MR) is 22.7 cm³/mol. The summed E-state index contributed by atoms with van der Waals surface area (Å²) < 4.78 is 0. The summed E-state index contributed by atoms with van der Waals surface area (Å²) in [6.45, 7) is 0. The monoisotopic (exact) mass is 82.0 g/mol. The highest BCUT2D eigenvalue weighted by Gasteiger charge is 1.78. The zero-order valence-corrected chi connectivity index (χ0v) is 3.55. The van der Waals surface area contributed by atoms with Crippen LogP contribution in [0.2, 0.25) is 0 Å². The van der Waals surface area contributed by atoms with Gasteiger partial charge in [0, 0.05) is 11.7 Å². The molecular weight excluding hydrogens is 80.1 g/mol. The predicted octanol–water partition coefficient (Wildman–Crippen LogP) is -0.324. The number of nitrogens with zero attached hydrogens (tertiary/aromatic N) is 2. The van der Waals surface area contributed by atoms with Crippen LogP contribution in [0.25, 0.3) is 0 Å². The molecule has 0 aliphatic carbocycles. The molecule has 0 bridgehead atoms. The van der Waals surface area contributed by atoms with Crippen molar-refractivity contribution in [2.45, 2.75) is 0 Å². The average molecular weight is 82.1 g/mol. The van der Waals surface area contributed by atoms with Crippen molar-refractivity contribution in [3.8, 4) is 0 Å². The Morgan fingerprint density at radius 3 is 2.00 bits per heavy atom. The van der Waals surface area contributed by atoms with Gasteiger partial charge in [0.15, 0.2) is 9.52 Å². The van der Waals surface area contributed by atoms with Crippen LogP contribution in [0.1, 0.15) is 0 Å². The van der Waals surface area contributed by atoms with E-state index in [-0.39, 0.29) is 0 Å². The fraction of sp³-hybridized carbons (Fsp3) is 0. The minimum absolute atomic E-state index is 0.725. The maximum Gasteiger partial charge on any atom is 0.157 e. The molecule has 0 fully saturated rings. The lowest BCUT2D eigenvalue weighted by atomic mass is 11.6. The molecule has 0 atom stereocenters. The quantitative estimate of drug-likeness (QED) is 0.358. The Hall–Kier alpha value is -0.443. The molecule has 24 valence electrons. The van der Waals surface area contributed by atoms with Crippen LogP contribution in [-0.2, 0) is 0 Å². The second-order valence-corrected chi connectivity index (χ2v) is 1.51. The normalized spacial score (nSPS) is 17.6. The van der Waals surface area contributed by atoms with Crippen molar-refractivity contribution in [2.75, 3.05) is 0 Å². The third-order valence-electron chi connectivity index (χ3n) is 0.331. The van der Waals surface area contributed by atoms with E-state index < -0.39 is 0 Å². The van der Waals surface area contributed by atoms with Gasteiger partial charge in [-0.15, -0.1) is 0 Å². The third-order valence-corrected chi connectivity index (χ3v) is 0.860.